The fourth-order valence-corrected chi connectivity index (χ4v) is 5.03. The van der Waals surface area contributed by atoms with Gasteiger partial charge in [-0.3, -0.25) is 4.79 Å². The summed E-state index contributed by atoms with van der Waals surface area (Å²) in [6.45, 7) is 6.34. The highest BCUT2D eigenvalue weighted by Gasteiger charge is 2.37. The average molecular weight is 477 g/mol. The first-order chi connectivity index (χ1) is 16.3. The maximum atomic E-state index is 13.1. The minimum Gasteiger partial charge on any atom is -0.503 e. The number of hydrogen-bond acceptors (Lipinski definition) is 7. The van der Waals surface area contributed by atoms with Gasteiger partial charge in [-0.25, -0.2) is 9.78 Å². The van der Waals surface area contributed by atoms with Gasteiger partial charge >= 0.3 is 5.97 Å². The van der Waals surface area contributed by atoms with Crippen molar-refractivity contribution in [3.8, 4) is 11.5 Å². The predicted molar refractivity (Wildman–Crippen MR) is 128 cm³/mol. The zero-order chi connectivity index (χ0) is 24.7. The Morgan fingerprint density at radius 2 is 1.97 bits per heavy atom. The van der Waals surface area contributed by atoms with Gasteiger partial charge in [-0.15, -0.1) is 0 Å². The van der Waals surface area contributed by atoms with E-state index in [4.69, 9.17) is 14.2 Å². The molecule has 1 aromatic rings. The second-order valence-electron chi connectivity index (χ2n) is 10.0. The molecule has 0 radical (unpaired) electrons. The Labute approximate surface area is 202 Å². The molecule has 3 rings (SSSR count). The van der Waals surface area contributed by atoms with E-state index in [1.165, 1.54) is 32.2 Å². The third-order valence-electron chi connectivity index (χ3n) is 6.98. The van der Waals surface area contributed by atoms with E-state index in [2.05, 4.69) is 24.1 Å². The first-order valence-electron chi connectivity index (χ1n) is 12.7. The summed E-state index contributed by atoms with van der Waals surface area (Å²) in [5.41, 5.74) is -0.183. The number of carbonyl (C=O) groups excluding carboxylic acids is 2. The van der Waals surface area contributed by atoms with Gasteiger partial charge in [-0.05, 0) is 50.9 Å². The van der Waals surface area contributed by atoms with Crippen LogP contribution in [0.25, 0.3) is 0 Å². The second-order valence-corrected chi connectivity index (χ2v) is 10.0. The Balaban J connectivity index is 1.73. The number of aromatic nitrogens is 1. The SMILES string of the molecule is COc1ccnc(C(=O)NC2CCCC(CCC(C)C)C(OC3CCCC3)C(C)OC2=O)c1O. The molecule has 0 aromatic carbocycles. The van der Waals surface area contributed by atoms with Crippen LogP contribution in [0.15, 0.2) is 12.3 Å². The van der Waals surface area contributed by atoms with Crippen LogP contribution in [0.3, 0.4) is 0 Å². The van der Waals surface area contributed by atoms with Gasteiger partial charge in [0.25, 0.3) is 5.91 Å². The van der Waals surface area contributed by atoms with Crippen molar-refractivity contribution >= 4 is 11.9 Å². The number of rotatable bonds is 8. The number of nitrogens with zero attached hydrogens (tertiary/aromatic N) is 1. The molecular formula is C26H40N2O6. The lowest BCUT2D eigenvalue weighted by Crippen LogP contribution is -2.45. The zero-order valence-electron chi connectivity index (χ0n) is 20.9. The van der Waals surface area contributed by atoms with Crippen LogP contribution in [-0.4, -0.2) is 53.4 Å². The number of methoxy groups -OCH3 is 1. The van der Waals surface area contributed by atoms with Crippen molar-refractivity contribution in [2.24, 2.45) is 11.8 Å². The monoisotopic (exact) mass is 476 g/mol. The van der Waals surface area contributed by atoms with Crippen molar-refractivity contribution in [1.29, 1.82) is 0 Å². The van der Waals surface area contributed by atoms with Gasteiger partial charge in [-0.1, -0.05) is 39.5 Å². The summed E-state index contributed by atoms with van der Waals surface area (Å²) >= 11 is 0. The predicted octanol–water partition coefficient (Wildman–Crippen LogP) is 4.39. The number of esters is 1. The smallest absolute Gasteiger partial charge is 0.329 e. The Bertz CT molecular complexity index is 824. The number of ether oxygens (including phenoxy) is 3. The lowest BCUT2D eigenvalue weighted by molar-refractivity contribution is -0.165. The summed E-state index contributed by atoms with van der Waals surface area (Å²) in [7, 11) is 1.40. The van der Waals surface area contributed by atoms with E-state index < -0.39 is 24.0 Å². The summed E-state index contributed by atoms with van der Waals surface area (Å²) in [6, 6.07) is 0.641. The highest BCUT2D eigenvalue weighted by atomic mass is 16.6. The normalized spacial score (nSPS) is 26.4. The second kappa shape index (κ2) is 12.4. The number of hydrogen-bond donors (Lipinski definition) is 2. The minimum absolute atomic E-state index is 0.144. The summed E-state index contributed by atoms with van der Waals surface area (Å²) in [6.07, 6.45) is 9.76. The molecule has 2 heterocycles. The molecule has 190 valence electrons. The van der Waals surface area contributed by atoms with Crippen LogP contribution in [0.2, 0.25) is 0 Å². The first-order valence-corrected chi connectivity index (χ1v) is 12.7. The van der Waals surface area contributed by atoms with Gasteiger partial charge < -0.3 is 24.6 Å². The van der Waals surface area contributed by atoms with Gasteiger partial charge in [0.15, 0.2) is 17.2 Å². The van der Waals surface area contributed by atoms with E-state index in [1.807, 2.05) is 6.92 Å². The Morgan fingerprint density at radius 1 is 1.24 bits per heavy atom. The highest BCUT2D eigenvalue weighted by molar-refractivity contribution is 5.97. The van der Waals surface area contributed by atoms with E-state index in [9.17, 15) is 14.7 Å². The fraction of sp³-hybridized carbons (Fsp3) is 0.731. The van der Waals surface area contributed by atoms with Crippen molar-refractivity contribution in [2.75, 3.05) is 7.11 Å². The van der Waals surface area contributed by atoms with Gasteiger partial charge in [-0.2, -0.15) is 0 Å². The Morgan fingerprint density at radius 3 is 2.65 bits per heavy atom. The van der Waals surface area contributed by atoms with Crippen LogP contribution in [0.5, 0.6) is 11.5 Å². The number of aromatic hydroxyl groups is 1. The van der Waals surface area contributed by atoms with Crippen LogP contribution in [0, 0.1) is 11.8 Å². The number of cyclic esters (lactones) is 1. The molecule has 4 unspecified atom stereocenters. The summed E-state index contributed by atoms with van der Waals surface area (Å²) in [4.78, 5) is 29.8. The molecule has 1 saturated carbocycles. The molecule has 1 aromatic heterocycles. The van der Waals surface area contributed by atoms with E-state index in [0.29, 0.717) is 18.3 Å². The fourth-order valence-electron chi connectivity index (χ4n) is 5.03. The molecule has 4 atom stereocenters. The molecule has 2 fully saturated rings. The average Bonchev–Trinajstić information content (AvgIpc) is 3.32. The minimum atomic E-state index is -0.821. The van der Waals surface area contributed by atoms with Crippen molar-refractivity contribution in [3.05, 3.63) is 18.0 Å². The van der Waals surface area contributed by atoms with Crippen LogP contribution in [0.1, 0.15) is 89.0 Å². The summed E-state index contributed by atoms with van der Waals surface area (Å²) in [5, 5.41) is 13.0. The van der Waals surface area contributed by atoms with Crippen molar-refractivity contribution in [2.45, 2.75) is 103 Å². The van der Waals surface area contributed by atoms with Crippen LogP contribution >= 0.6 is 0 Å². The molecule has 1 amide bonds. The van der Waals surface area contributed by atoms with Crippen LogP contribution in [-0.2, 0) is 14.3 Å². The summed E-state index contributed by atoms with van der Waals surface area (Å²) < 4.78 is 17.5. The molecule has 1 aliphatic heterocycles. The van der Waals surface area contributed by atoms with Gasteiger partial charge in [0.05, 0.1) is 19.3 Å². The Kier molecular flexibility index (Phi) is 9.56. The molecule has 0 bridgehead atoms. The molecule has 34 heavy (non-hydrogen) atoms. The third kappa shape index (κ3) is 6.84. The largest absolute Gasteiger partial charge is 0.503 e. The molecule has 2 N–H and O–H groups in total. The van der Waals surface area contributed by atoms with Crippen molar-refractivity contribution < 1.29 is 28.9 Å². The summed E-state index contributed by atoms with van der Waals surface area (Å²) in [5.74, 6) is -0.443. The first kappa shape index (κ1) is 26.3. The zero-order valence-corrected chi connectivity index (χ0v) is 20.9. The molecule has 8 nitrogen and oxygen atoms in total. The molecule has 0 spiro atoms. The quantitative estimate of drug-likeness (QED) is 0.536. The van der Waals surface area contributed by atoms with E-state index in [-0.39, 0.29) is 29.4 Å². The topological polar surface area (TPSA) is 107 Å². The molecule has 1 aliphatic carbocycles. The molecule has 8 heteroatoms. The van der Waals surface area contributed by atoms with Crippen LogP contribution in [0.4, 0.5) is 0 Å². The lowest BCUT2D eigenvalue weighted by atomic mass is 9.86. The van der Waals surface area contributed by atoms with Gasteiger partial charge in [0.2, 0.25) is 0 Å². The van der Waals surface area contributed by atoms with E-state index in [1.54, 1.807) is 0 Å². The van der Waals surface area contributed by atoms with Crippen LogP contribution < -0.4 is 10.1 Å². The maximum absolute atomic E-state index is 13.1. The van der Waals surface area contributed by atoms with Crippen molar-refractivity contribution in [1.82, 2.24) is 10.3 Å². The number of amides is 1. The van der Waals surface area contributed by atoms with Gasteiger partial charge in [0, 0.05) is 12.3 Å². The van der Waals surface area contributed by atoms with Gasteiger partial charge in [0.1, 0.15) is 12.1 Å². The standard InChI is InChI=1S/C26H40N2O6/c1-16(2)12-13-18-8-7-11-20(28-25(30)22-23(29)21(32-4)14-15-27-22)26(31)33-17(3)24(18)34-19-9-5-6-10-19/h14-20,24,29H,5-13H2,1-4H3,(H,28,30). The highest BCUT2D eigenvalue weighted by Crippen LogP contribution is 2.33. The Hall–Kier alpha value is -2.35. The van der Waals surface area contributed by atoms with Crippen molar-refractivity contribution in [3.63, 3.8) is 0 Å². The number of pyridine rings is 1. The number of nitrogens with one attached hydrogen (secondary N) is 1. The third-order valence-corrected chi connectivity index (χ3v) is 6.98. The lowest BCUT2D eigenvalue weighted by Gasteiger charge is -2.33. The number of carbonyl (C=O) groups is 2. The van der Waals surface area contributed by atoms with E-state index in [0.717, 1.165) is 38.5 Å². The molecule has 2 aliphatic rings. The molecule has 1 saturated heterocycles. The van der Waals surface area contributed by atoms with E-state index >= 15 is 0 Å². The molecular weight excluding hydrogens is 436 g/mol. The maximum Gasteiger partial charge on any atom is 0.329 e.